The number of amides is 2. The number of hydrogen-bond donors (Lipinski definition) is 0. The number of rotatable bonds is 5. The second kappa shape index (κ2) is 7.55. The SMILES string of the molecule is CCC(=O)N(C)CN(C)C(=O)CC1OC2OC3COC(C)OC3C2O1. The van der Waals surface area contributed by atoms with E-state index in [4.69, 9.17) is 23.7 Å². The molecule has 0 radical (unpaired) electrons. The van der Waals surface area contributed by atoms with Gasteiger partial charge in [0.15, 0.2) is 18.9 Å². The molecule has 9 nitrogen and oxygen atoms in total. The van der Waals surface area contributed by atoms with Gasteiger partial charge in [0.1, 0.15) is 18.3 Å². The van der Waals surface area contributed by atoms with Crippen LogP contribution in [0.25, 0.3) is 0 Å². The van der Waals surface area contributed by atoms with Crippen molar-refractivity contribution in [3.8, 4) is 0 Å². The van der Waals surface area contributed by atoms with Gasteiger partial charge in [-0.2, -0.15) is 0 Å². The third-order valence-corrected chi connectivity index (χ3v) is 4.63. The molecular formula is C16H26N2O7. The molecule has 3 aliphatic heterocycles. The molecule has 25 heavy (non-hydrogen) atoms. The van der Waals surface area contributed by atoms with Crippen molar-refractivity contribution in [1.29, 1.82) is 0 Å². The zero-order valence-electron chi connectivity index (χ0n) is 15.0. The minimum absolute atomic E-state index is 0.0206. The van der Waals surface area contributed by atoms with E-state index in [-0.39, 0.29) is 49.5 Å². The molecule has 0 aromatic heterocycles. The van der Waals surface area contributed by atoms with Crippen molar-refractivity contribution in [1.82, 2.24) is 9.80 Å². The van der Waals surface area contributed by atoms with Gasteiger partial charge in [-0.05, 0) is 6.92 Å². The van der Waals surface area contributed by atoms with Crippen molar-refractivity contribution in [2.24, 2.45) is 0 Å². The Kier molecular flexibility index (Phi) is 5.59. The van der Waals surface area contributed by atoms with Crippen LogP contribution in [-0.4, -0.2) is 86.2 Å². The van der Waals surface area contributed by atoms with Crippen LogP contribution in [0.2, 0.25) is 0 Å². The molecule has 6 unspecified atom stereocenters. The van der Waals surface area contributed by atoms with Crippen molar-refractivity contribution in [3.05, 3.63) is 0 Å². The molecule has 3 heterocycles. The van der Waals surface area contributed by atoms with Gasteiger partial charge in [0.05, 0.1) is 19.7 Å². The van der Waals surface area contributed by atoms with E-state index in [1.54, 1.807) is 21.0 Å². The van der Waals surface area contributed by atoms with Gasteiger partial charge < -0.3 is 33.5 Å². The number of fused-ring (bicyclic) bond motifs is 3. The molecule has 3 aliphatic rings. The van der Waals surface area contributed by atoms with Crippen LogP contribution in [0.4, 0.5) is 0 Å². The van der Waals surface area contributed by atoms with Gasteiger partial charge in [-0.25, -0.2) is 0 Å². The largest absolute Gasteiger partial charge is 0.350 e. The van der Waals surface area contributed by atoms with Gasteiger partial charge in [-0.15, -0.1) is 0 Å². The van der Waals surface area contributed by atoms with Gasteiger partial charge in [0.2, 0.25) is 11.8 Å². The molecule has 6 atom stereocenters. The van der Waals surface area contributed by atoms with Crippen molar-refractivity contribution in [2.45, 2.75) is 63.9 Å². The van der Waals surface area contributed by atoms with Crippen LogP contribution < -0.4 is 0 Å². The van der Waals surface area contributed by atoms with E-state index in [0.717, 1.165) is 0 Å². The van der Waals surface area contributed by atoms with Crippen LogP contribution in [0.3, 0.4) is 0 Å². The zero-order chi connectivity index (χ0) is 18.1. The Morgan fingerprint density at radius 3 is 2.44 bits per heavy atom. The summed E-state index contributed by atoms with van der Waals surface area (Å²) in [5, 5.41) is 0. The van der Waals surface area contributed by atoms with Crippen molar-refractivity contribution >= 4 is 11.8 Å². The molecule has 0 aliphatic carbocycles. The topological polar surface area (TPSA) is 86.8 Å². The Balaban J connectivity index is 1.49. The predicted molar refractivity (Wildman–Crippen MR) is 84.0 cm³/mol. The normalized spacial score (nSPS) is 36.6. The van der Waals surface area contributed by atoms with E-state index in [0.29, 0.717) is 13.0 Å². The van der Waals surface area contributed by atoms with Crippen molar-refractivity contribution in [2.75, 3.05) is 27.4 Å². The lowest BCUT2D eigenvalue weighted by Gasteiger charge is -2.31. The monoisotopic (exact) mass is 358 g/mol. The molecule has 3 fully saturated rings. The highest BCUT2D eigenvalue weighted by Gasteiger charge is 2.55. The van der Waals surface area contributed by atoms with E-state index in [9.17, 15) is 9.59 Å². The Morgan fingerprint density at radius 1 is 1.00 bits per heavy atom. The summed E-state index contributed by atoms with van der Waals surface area (Å²) in [5.41, 5.74) is 0. The first-order chi connectivity index (χ1) is 11.9. The maximum atomic E-state index is 12.3. The first-order valence-electron chi connectivity index (χ1n) is 8.60. The zero-order valence-corrected chi connectivity index (χ0v) is 15.0. The van der Waals surface area contributed by atoms with Crippen molar-refractivity contribution < 1.29 is 33.3 Å². The maximum absolute atomic E-state index is 12.3. The van der Waals surface area contributed by atoms with Crippen LogP contribution in [0, 0.1) is 0 Å². The lowest BCUT2D eigenvalue weighted by Crippen LogP contribution is -2.45. The summed E-state index contributed by atoms with van der Waals surface area (Å²) in [6.45, 7) is 4.27. The molecule has 0 spiro atoms. The second-order valence-corrected chi connectivity index (χ2v) is 6.59. The summed E-state index contributed by atoms with van der Waals surface area (Å²) >= 11 is 0. The second-order valence-electron chi connectivity index (χ2n) is 6.59. The van der Waals surface area contributed by atoms with E-state index in [1.807, 2.05) is 6.92 Å². The lowest BCUT2D eigenvalue weighted by atomic mass is 10.1. The highest BCUT2D eigenvalue weighted by atomic mass is 16.8. The number of carbonyl (C=O) groups excluding carboxylic acids is 2. The standard InChI is InChI=1S/C16H26N2O7/c1-5-11(19)17(3)8-18(4)12(20)6-13-24-15-14-10(23-16(15)25-13)7-21-9(2)22-14/h9-10,13-16H,5-8H2,1-4H3. The van der Waals surface area contributed by atoms with E-state index < -0.39 is 12.6 Å². The Labute approximate surface area is 147 Å². The Bertz CT molecular complexity index is 517. The number of nitrogens with zero attached hydrogens (tertiary/aromatic N) is 2. The first-order valence-corrected chi connectivity index (χ1v) is 8.60. The number of carbonyl (C=O) groups is 2. The molecule has 3 saturated heterocycles. The highest BCUT2D eigenvalue weighted by molar-refractivity contribution is 5.78. The van der Waals surface area contributed by atoms with Gasteiger partial charge in [-0.1, -0.05) is 6.92 Å². The molecule has 142 valence electrons. The average molecular weight is 358 g/mol. The quantitative estimate of drug-likeness (QED) is 0.634. The van der Waals surface area contributed by atoms with Gasteiger partial charge in [0.25, 0.3) is 0 Å². The lowest BCUT2D eigenvalue weighted by molar-refractivity contribution is -0.263. The van der Waals surface area contributed by atoms with E-state index in [2.05, 4.69) is 0 Å². The summed E-state index contributed by atoms with van der Waals surface area (Å²) in [4.78, 5) is 26.9. The van der Waals surface area contributed by atoms with E-state index in [1.165, 1.54) is 9.80 Å². The van der Waals surface area contributed by atoms with Crippen LogP contribution in [-0.2, 0) is 33.3 Å². The summed E-state index contributed by atoms with van der Waals surface area (Å²) in [6, 6.07) is 0. The van der Waals surface area contributed by atoms with Crippen LogP contribution in [0.1, 0.15) is 26.7 Å². The first kappa shape index (κ1) is 18.5. The summed E-state index contributed by atoms with van der Waals surface area (Å²) < 4.78 is 28.4. The third kappa shape index (κ3) is 3.95. The molecule has 9 heteroatoms. The molecule has 0 N–H and O–H groups in total. The molecule has 2 amide bonds. The summed E-state index contributed by atoms with van der Waals surface area (Å²) in [6.07, 6.45) is -1.90. The molecule has 0 saturated carbocycles. The molecular weight excluding hydrogens is 332 g/mol. The smallest absolute Gasteiger partial charge is 0.228 e. The van der Waals surface area contributed by atoms with Gasteiger partial charge in [-0.3, -0.25) is 9.59 Å². The summed E-state index contributed by atoms with van der Waals surface area (Å²) in [5.74, 6) is -0.189. The minimum atomic E-state index is -0.681. The average Bonchev–Trinajstić information content (AvgIpc) is 3.11. The van der Waals surface area contributed by atoms with Crippen LogP contribution >= 0.6 is 0 Å². The van der Waals surface area contributed by atoms with Crippen LogP contribution in [0.15, 0.2) is 0 Å². The summed E-state index contributed by atoms with van der Waals surface area (Å²) in [7, 11) is 3.31. The third-order valence-electron chi connectivity index (χ3n) is 4.63. The fourth-order valence-electron chi connectivity index (χ4n) is 3.23. The van der Waals surface area contributed by atoms with Gasteiger partial charge >= 0.3 is 0 Å². The van der Waals surface area contributed by atoms with Crippen molar-refractivity contribution in [3.63, 3.8) is 0 Å². The van der Waals surface area contributed by atoms with Crippen LogP contribution in [0.5, 0.6) is 0 Å². The van der Waals surface area contributed by atoms with Gasteiger partial charge in [0, 0.05) is 20.5 Å². The molecule has 0 aromatic carbocycles. The highest BCUT2D eigenvalue weighted by Crippen LogP contribution is 2.37. The fourth-order valence-corrected chi connectivity index (χ4v) is 3.23. The maximum Gasteiger partial charge on any atom is 0.228 e. The molecule has 0 bridgehead atoms. The minimum Gasteiger partial charge on any atom is -0.350 e. The predicted octanol–water partition coefficient (Wildman–Crippen LogP) is -0.111. The fraction of sp³-hybridized carbons (Fsp3) is 0.875. The van der Waals surface area contributed by atoms with E-state index >= 15 is 0 Å². The number of ether oxygens (including phenoxy) is 5. The number of hydrogen-bond acceptors (Lipinski definition) is 7. The molecule has 0 aromatic rings. The Hall–Kier alpha value is -1.26. The molecule has 3 rings (SSSR count). The Morgan fingerprint density at radius 2 is 1.72 bits per heavy atom.